The Bertz CT molecular complexity index is 336. The lowest BCUT2D eigenvalue weighted by Gasteiger charge is -2.17. The van der Waals surface area contributed by atoms with Crippen LogP contribution >= 0.6 is 0 Å². The average molecular weight is 382 g/mol. The lowest BCUT2D eigenvalue weighted by Crippen LogP contribution is -2.44. The topological polar surface area (TPSA) is 49.3 Å². The molecular weight excluding hydrogens is 343 g/mol. The molecule has 0 saturated carbocycles. The molecule has 1 amide bonds. The Kier molecular flexibility index (Phi) is 15.9. The number of halogens is 3. The van der Waals surface area contributed by atoms with Crippen LogP contribution in [0.2, 0.25) is 0 Å². The van der Waals surface area contributed by atoms with Crippen molar-refractivity contribution in [3.05, 3.63) is 0 Å². The molecule has 0 aliphatic rings. The van der Waals surface area contributed by atoms with Crippen molar-refractivity contribution in [3.8, 4) is 0 Å². The smallest absolute Gasteiger partial charge is 0.394 e. The second kappa shape index (κ2) is 16.4. The molecule has 156 valence electrons. The van der Waals surface area contributed by atoms with Gasteiger partial charge in [-0.05, 0) is 6.42 Å². The van der Waals surface area contributed by atoms with Crippen LogP contribution in [0.15, 0.2) is 0 Å². The number of hydrogen-bond acceptors (Lipinski definition) is 2. The summed E-state index contributed by atoms with van der Waals surface area (Å²) in [6, 6.07) is -0.804. The van der Waals surface area contributed by atoms with Crippen LogP contribution in [0.5, 0.6) is 0 Å². The van der Waals surface area contributed by atoms with Crippen molar-refractivity contribution in [1.29, 1.82) is 0 Å². The van der Waals surface area contributed by atoms with Gasteiger partial charge in [-0.2, -0.15) is 13.2 Å². The fourth-order valence-electron chi connectivity index (χ4n) is 3.06. The first-order chi connectivity index (χ1) is 12.4. The number of aliphatic hydroxyl groups is 1. The highest BCUT2D eigenvalue weighted by Gasteiger charge is 2.39. The number of aliphatic hydroxyl groups excluding tert-OH is 1. The Labute approximate surface area is 157 Å². The summed E-state index contributed by atoms with van der Waals surface area (Å²) in [6.45, 7) is 1.77. The second-order valence-electron chi connectivity index (χ2n) is 7.24. The maximum Gasteiger partial charge on any atom is 0.471 e. The van der Waals surface area contributed by atoms with E-state index in [9.17, 15) is 18.0 Å². The molecule has 26 heavy (non-hydrogen) atoms. The van der Waals surface area contributed by atoms with Gasteiger partial charge in [0.1, 0.15) is 0 Å². The predicted octanol–water partition coefficient (Wildman–Crippen LogP) is 5.90. The van der Waals surface area contributed by atoms with Crippen LogP contribution in [0.4, 0.5) is 13.2 Å². The normalized spacial score (nSPS) is 13.0. The third kappa shape index (κ3) is 15.5. The van der Waals surface area contributed by atoms with E-state index in [4.69, 9.17) is 5.11 Å². The van der Waals surface area contributed by atoms with Gasteiger partial charge in [0.05, 0.1) is 12.6 Å². The van der Waals surface area contributed by atoms with Gasteiger partial charge in [0, 0.05) is 0 Å². The van der Waals surface area contributed by atoms with Crippen LogP contribution in [-0.4, -0.2) is 29.8 Å². The third-order valence-corrected chi connectivity index (χ3v) is 4.72. The molecule has 0 aromatic carbocycles. The highest BCUT2D eigenvalue weighted by molar-refractivity contribution is 5.81. The minimum atomic E-state index is -4.89. The van der Waals surface area contributed by atoms with E-state index >= 15 is 0 Å². The highest BCUT2D eigenvalue weighted by Crippen LogP contribution is 2.16. The molecule has 3 nitrogen and oxygen atoms in total. The van der Waals surface area contributed by atoms with E-state index in [-0.39, 0.29) is 0 Å². The molecule has 0 unspecified atom stereocenters. The van der Waals surface area contributed by atoms with E-state index < -0.39 is 24.7 Å². The predicted molar refractivity (Wildman–Crippen MR) is 100 cm³/mol. The summed E-state index contributed by atoms with van der Waals surface area (Å²) in [5.74, 6) is -1.97. The maximum absolute atomic E-state index is 12.2. The van der Waals surface area contributed by atoms with Crippen molar-refractivity contribution in [3.63, 3.8) is 0 Å². The standard InChI is InChI=1S/C20H38F3NO2/c1-2-3-4-5-6-7-8-9-10-11-12-13-14-15-16-18(17-25)24-19(26)20(21,22)23/h18,25H,2-17H2,1H3,(H,24,26)/t18-/m1/s1. The van der Waals surface area contributed by atoms with Crippen LogP contribution in [0.1, 0.15) is 103 Å². The lowest BCUT2D eigenvalue weighted by molar-refractivity contribution is -0.174. The quantitative estimate of drug-likeness (QED) is 0.308. The van der Waals surface area contributed by atoms with Gasteiger partial charge in [0.2, 0.25) is 0 Å². The molecule has 0 bridgehead atoms. The first kappa shape index (κ1) is 25.2. The molecule has 2 N–H and O–H groups in total. The molecule has 0 rings (SSSR count). The Morgan fingerprint density at radius 2 is 1.19 bits per heavy atom. The zero-order chi connectivity index (χ0) is 19.7. The first-order valence-corrected chi connectivity index (χ1v) is 10.4. The summed E-state index contributed by atoms with van der Waals surface area (Å²) in [7, 11) is 0. The highest BCUT2D eigenvalue weighted by atomic mass is 19.4. The molecule has 0 aliphatic heterocycles. The summed E-state index contributed by atoms with van der Waals surface area (Å²) in [5, 5.41) is 10.9. The van der Waals surface area contributed by atoms with Crippen molar-refractivity contribution in [2.75, 3.05) is 6.61 Å². The van der Waals surface area contributed by atoms with E-state index in [1.165, 1.54) is 64.2 Å². The third-order valence-electron chi connectivity index (χ3n) is 4.72. The molecule has 0 aromatic rings. The lowest BCUT2D eigenvalue weighted by atomic mass is 10.0. The van der Waals surface area contributed by atoms with Crippen molar-refractivity contribution < 1.29 is 23.1 Å². The van der Waals surface area contributed by atoms with E-state index in [1.807, 2.05) is 5.32 Å². The van der Waals surface area contributed by atoms with E-state index in [1.54, 1.807) is 0 Å². The molecule has 0 aromatic heterocycles. The zero-order valence-electron chi connectivity index (χ0n) is 16.4. The summed E-state index contributed by atoms with van der Waals surface area (Å²) in [4.78, 5) is 10.8. The van der Waals surface area contributed by atoms with Crippen LogP contribution in [-0.2, 0) is 4.79 Å². The van der Waals surface area contributed by atoms with Crippen molar-refractivity contribution in [2.45, 2.75) is 115 Å². The molecule has 0 fully saturated rings. The SMILES string of the molecule is CCCCCCCCCCCCCCCC[C@H](CO)NC(=O)C(F)(F)F. The zero-order valence-corrected chi connectivity index (χ0v) is 16.4. The molecule has 0 spiro atoms. The Balaban J connectivity index is 3.40. The van der Waals surface area contributed by atoms with E-state index in [0.29, 0.717) is 6.42 Å². The van der Waals surface area contributed by atoms with Gasteiger partial charge >= 0.3 is 12.1 Å². The van der Waals surface area contributed by atoms with Gasteiger partial charge < -0.3 is 10.4 Å². The number of nitrogens with one attached hydrogen (secondary N) is 1. The number of hydrogen-bond donors (Lipinski definition) is 2. The number of unbranched alkanes of at least 4 members (excludes halogenated alkanes) is 13. The maximum atomic E-state index is 12.2. The fourth-order valence-corrected chi connectivity index (χ4v) is 3.06. The Morgan fingerprint density at radius 1 is 0.808 bits per heavy atom. The summed E-state index contributed by atoms with van der Waals surface area (Å²) in [5.41, 5.74) is 0. The van der Waals surface area contributed by atoms with Gasteiger partial charge in [-0.25, -0.2) is 0 Å². The molecule has 0 saturated heterocycles. The Morgan fingerprint density at radius 3 is 1.54 bits per heavy atom. The number of rotatable bonds is 17. The molecule has 6 heteroatoms. The Hall–Kier alpha value is -0.780. The van der Waals surface area contributed by atoms with Crippen LogP contribution < -0.4 is 5.32 Å². The van der Waals surface area contributed by atoms with Gasteiger partial charge in [-0.1, -0.05) is 96.8 Å². The number of carbonyl (C=O) groups is 1. The number of alkyl halides is 3. The molecule has 0 heterocycles. The monoisotopic (exact) mass is 381 g/mol. The van der Waals surface area contributed by atoms with Crippen LogP contribution in [0, 0.1) is 0 Å². The summed E-state index contributed by atoms with van der Waals surface area (Å²) < 4.78 is 36.5. The summed E-state index contributed by atoms with van der Waals surface area (Å²) in [6.07, 6.45) is 12.5. The molecule has 0 radical (unpaired) electrons. The minimum absolute atomic E-state index is 0.385. The van der Waals surface area contributed by atoms with Crippen LogP contribution in [0.25, 0.3) is 0 Å². The van der Waals surface area contributed by atoms with Crippen molar-refractivity contribution in [2.24, 2.45) is 0 Å². The van der Waals surface area contributed by atoms with Gasteiger partial charge in [0.15, 0.2) is 0 Å². The molecular formula is C20H38F3NO2. The van der Waals surface area contributed by atoms with Gasteiger partial charge in [-0.15, -0.1) is 0 Å². The number of amides is 1. The van der Waals surface area contributed by atoms with Crippen molar-refractivity contribution in [1.82, 2.24) is 5.32 Å². The molecule has 1 atom stereocenters. The van der Waals surface area contributed by atoms with E-state index in [2.05, 4.69) is 6.92 Å². The van der Waals surface area contributed by atoms with Gasteiger partial charge in [-0.3, -0.25) is 4.79 Å². The number of carbonyl (C=O) groups excluding carboxylic acids is 1. The molecule has 0 aliphatic carbocycles. The largest absolute Gasteiger partial charge is 0.471 e. The minimum Gasteiger partial charge on any atom is -0.394 e. The summed E-state index contributed by atoms with van der Waals surface area (Å²) >= 11 is 0. The van der Waals surface area contributed by atoms with Crippen LogP contribution in [0.3, 0.4) is 0 Å². The second-order valence-corrected chi connectivity index (χ2v) is 7.24. The van der Waals surface area contributed by atoms with Gasteiger partial charge in [0.25, 0.3) is 0 Å². The van der Waals surface area contributed by atoms with E-state index in [0.717, 1.165) is 25.7 Å². The average Bonchev–Trinajstić information content (AvgIpc) is 2.59. The fraction of sp³-hybridized carbons (Fsp3) is 0.950. The first-order valence-electron chi connectivity index (χ1n) is 10.4. The van der Waals surface area contributed by atoms with Crippen molar-refractivity contribution >= 4 is 5.91 Å².